The first-order valence-corrected chi connectivity index (χ1v) is 8.89. The molecular formula is C18H25NO3S. The maximum Gasteiger partial charge on any atom is 0.161 e. The highest BCUT2D eigenvalue weighted by molar-refractivity contribution is 7.09. The van der Waals surface area contributed by atoms with E-state index in [2.05, 4.69) is 18.3 Å². The van der Waals surface area contributed by atoms with Gasteiger partial charge in [0, 0.05) is 17.5 Å². The number of hydrogen-bond acceptors (Lipinski definition) is 5. The highest BCUT2D eigenvalue weighted by atomic mass is 32.1. The lowest BCUT2D eigenvalue weighted by Gasteiger charge is -2.16. The molecule has 0 fully saturated rings. The highest BCUT2D eigenvalue weighted by Crippen LogP contribution is 2.29. The Balaban J connectivity index is 2.01. The van der Waals surface area contributed by atoms with Crippen LogP contribution >= 0.6 is 11.3 Å². The lowest BCUT2D eigenvalue weighted by molar-refractivity contribution is 0.238. The van der Waals surface area contributed by atoms with E-state index in [4.69, 9.17) is 9.47 Å². The molecule has 0 radical (unpaired) electrons. The van der Waals surface area contributed by atoms with Crippen molar-refractivity contribution in [3.05, 3.63) is 46.2 Å². The number of thiophene rings is 1. The van der Waals surface area contributed by atoms with E-state index in [1.165, 1.54) is 4.88 Å². The summed E-state index contributed by atoms with van der Waals surface area (Å²) in [5.74, 6) is 1.53. The number of hydrogen-bond donors (Lipinski definition) is 2. The predicted molar refractivity (Wildman–Crippen MR) is 94.3 cm³/mol. The number of aliphatic hydroxyl groups is 1. The van der Waals surface area contributed by atoms with Gasteiger partial charge in [0.25, 0.3) is 0 Å². The lowest BCUT2D eigenvalue weighted by atomic mass is 10.1. The Morgan fingerprint density at radius 2 is 2.04 bits per heavy atom. The van der Waals surface area contributed by atoms with E-state index in [1.54, 1.807) is 11.3 Å². The quantitative estimate of drug-likeness (QED) is 0.697. The molecule has 0 amide bonds. The molecule has 0 unspecified atom stereocenters. The zero-order valence-electron chi connectivity index (χ0n) is 13.7. The summed E-state index contributed by atoms with van der Waals surface area (Å²) < 4.78 is 11.6. The number of rotatable bonds is 10. The molecule has 2 N–H and O–H groups in total. The summed E-state index contributed by atoms with van der Waals surface area (Å²) in [5, 5.41) is 14.6. The SMILES string of the molecule is CCOc1cc(CN[C@@H](CC)CO)ccc1OCc1cccs1. The van der Waals surface area contributed by atoms with E-state index in [-0.39, 0.29) is 12.6 Å². The van der Waals surface area contributed by atoms with E-state index in [0.717, 1.165) is 23.5 Å². The van der Waals surface area contributed by atoms with Crippen LogP contribution in [0.15, 0.2) is 35.7 Å². The summed E-state index contributed by atoms with van der Waals surface area (Å²) in [5.41, 5.74) is 1.11. The fraction of sp³-hybridized carbons (Fsp3) is 0.444. The minimum atomic E-state index is 0.125. The summed E-state index contributed by atoms with van der Waals surface area (Å²) in [6, 6.07) is 10.2. The Morgan fingerprint density at radius 1 is 1.17 bits per heavy atom. The number of nitrogens with one attached hydrogen (secondary N) is 1. The zero-order valence-corrected chi connectivity index (χ0v) is 14.6. The molecule has 0 aliphatic carbocycles. The molecule has 1 atom stereocenters. The van der Waals surface area contributed by atoms with Crippen LogP contribution in [0.2, 0.25) is 0 Å². The second-order valence-electron chi connectivity index (χ2n) is 5.25. The van der Waals surface area contributed by atoms with Crippen molar-refractivity contribution in [1.82, 2.24) is 5.32 Å². The Kier molecular flexibility index (Phi) is 7.39. The van der Waals surface area contributed by atoms with Crippen molar-refractivity contribution in [2.45, 2.75) is 39.5 Å². The van der Waals surface area contributed by atoms with Crippen molar-refractivity contribution in [2.24, 2.45) is 0 Å². The van der Waals surface area contributed by atoms with E-state index in [0.29, 0.717) is 19.8 Å². The van der Waals surface area contributed by atoms with Gasteiger partial charge < -0.3 is 19.9 Å². The summed E-state index contributed by atoms with van der Waals surface area (Å²) in [4.78, 5) is 1.19. The van der Waals surface area contributed by atoms with Gasteiger partial charge in [-0.3, -0.25) is 0 Å². The second-order valence-corrected chi connectivity index (χ2v) is 6.28. The standard InChI is InChI=1S/C18H25NO3S/c1-3-15(12-20)19-11-14-7-8-17(18(10-14)21-4-2)22-13-16-6-5-9-23-16/h5-10,15,19-20H,3-4,11-13H2,1-2H3/t15-/m0/s1. The molecule has 1 heterocycles. The molecule has 126 valence electrons. The first kappa shape index (κ1) is 17.8. The monoisotopic (exact) mass is 335 g/mol. The van der Waals surface area contributed by atoms with Crippen LogP contribution in [0.1, 0.15) is 30.7 Å². The number of benzene rings is 1. The zero-order chi connectivity index (χ0) is 16.5. The van der Waals surface area contributed by atoms with Crippen molar-refractivity contribution in [1.29, 1.82) is 0 Å². The maximum atomic E-state index is 9.24. The van der Waals surface area contributed by atoms with Gasteiger partial charge >= 0.3 is 0 Å². The second kappa shape index (κ2) is 9.55. The van der Waals surface area contributed by atoms with Gasteiger partial charge in [0.05, 0.1) is 13.2 Å². The summed E-state index contributed by atoms with van der Waals surface area (Å²) in [6.45, 7) is 6.02. The lowest BCUT2D eigenvalue weighted by Crippen LogP contribution is -2.31. The van der Waals surface area contributed by atoms with Crippen LogP contribution in [0.3, 0.4) is 0 Å². The third-order valence-corrected chi connectivity index (χ3v) is 4.42. The fourth-order valence-electron chi connectivity index (χ4n) is 2.19. The van der Waals surface area contributed by atoms with E-state index in [9.17, 15) is 5.11 Å². The highest BCUT2D eigenvalue weighted by Gasteiger charge is 2.09. The Morgan fingerprint density at radius 3 is 2.70 bits per heavy atom. The number of ether oxygens (including phenoxy) is 2. The average molecular weight is 335 g/mol. The molecule has 0 saturated carbocycles. The topological polar surface area (TPSA) is 50.7 Å². The molecule has 2 aromatic rings. The Bertz CT molecular complexity index is 568. The first-order chi connectivity index (χ1) is 11.3. The third-order valence-electron chi connectivity index (χ3n) is 3.57. The molecule has 0 spiro atoms. The normalized spacial score (nSPS) is 12.1. The van der Waals surface area contributed by atoms with Gasteiger partial charge in [-0.15, -0.1) is 11.3 Å². The van der Waals surface area contributed by atoms with E-state index >= 15 is 0 Å². The Hall–Kier alpha value is -1.56. The van der Waals surface area contributed by atoms with Crippen LogP contribution in [0, 0.1) is 0 Å². The molecule has 0 aliphatic rings. The van der Waals surface area contributed by atoms with Gasteiger partial charge in [-0.1, -0.05) is 19.1 Å². The van der Waals surface area contributed by atoms with Gasteiger partial charge in [-0.05, 0) is 42.5 Å². The van der Waals surface area contributed by atoms with Gasteiger partial charge in [0.15, 0.2) is 11.5 Å². The molecule has 0 saturated heterocycles. The molecule has 23 heavy (non-hydrogen) atoms. The molecule has 0 bridgehead atoms. The van der Waals surface area contributed by atoms with Crippen LogP contribution in [0.25, 0.3) is 0 Å². The van der Waals surface area contributed by atoms with Crippen LogP contribution in [-0.4, -0.2) is 24.4 Å². The van der Waals surface area contributed by atoms with Crippen molar-refractivity contribution >= 4 is 11.3 Å². The third kappa shape index (κ3) is 5.53. The number of aliphatic hydroxyl groups excluding tert-OH is 1. The average Bonchev–Trinajstić information content (AvgIpc) is 3.09. The molecule has 5 heteroatoms. The maximum absolute atomic E-state index is 9.24. The largest absolute Gasteiger partial charge is 0.490 e. The fourth-order valence-corrected chi connectivity index (χ4v) is 2.81. The van der Waals surface area contributed by atoms with Crippen molar-refractivity contribution < 1.29 is 14.6 Å². The van der Waals surface area contributed by atoms with Gasteiger partial charge in [0.1, 0.15) is 6.61 Å². The minimum Gasteiger partial charge on any atom is -0.490 e. The first-order valence-electron chi connectivity index (χ1n) is 8.02. The van der Waals surface area contributed by atoms with Crippen LogP contribution in [0.4, 0.5) is 0 Å². The van der Waals surface area contributed by atoms with Crippen LogP contribution < -0.4 is 14.8 Å². The van der Waals surface area contributed by atoms with Crippen molar-refractivity contribution in [3.8, 4) is 11.5 Å². The molecule has 4 nitrogen and oxygen atoms in total. The van der Waals surface area contributed by atoms with Crippen molar-refractivity contribution in [2.75, 3.05) is 13.2 Å². The van der Waals surface area contributed by atoms with E-state index < -0.39 is 0 Å². The van der Waals surface area contributed by atoms with Crippen LogP contribution in [0.5, 0.6) is 11.5 Å². The summed E-state index contributed by atoms with van der Waals surface area (Å²) >= 11 is 1.68. The summed E-state index contributed by atoms with van der Waals surface area (Å²) in [7, 11) is 0. The molecule has 1 aromatic carbocycles. The van der Waals surface area contributed by atoms with Gasteiger partial charge in [0.2, 0.25) is 0 Å². The predicted octanol–water partition coefficient (Wildman–Crippen LogP) is 3.59. The molecule has 0 aliphatic heterocycles. The molecular weight excluding hydrogens is 310 g/mol. The van der Waals surface area contributed by atoms with Crippen molar-refractivity contribution in [3.63, 3.8) is 0 Å². The molecule has 1 aromatic heterocycles. The summed E-state index contributed by atoms with van der Waals surface area (Å²) in [6.07, 6.45) is 0.900. The Labute approximate surface area is 142 Å². The van der Waals surface area contributed by atoms with Gasteiger partial charge in [-0.25, -0.2) is 0 Å². The van der Waals surface area contributed by atoms with Crippen LogP contribution in [-0.2, 0) is 13.2 Å². The molecule has 2 rings (SSSR count). The van der Waals surface area contributed by atoms with E-state index in [1.807, 2.05) is 36.6 Å². The van der Waals surface area contributed by atoms with Gasteiger partial charge in [-0.2, -0.15) is 0 Å². The minimum absolute atomic E-state index is 0.125. The smallest absolute Gasteiger partial charge is 0.161 e.